The van der Waals surface area contributed by atoms with E-state index in [4.69, 9.17) is 10.8 Å². The molecule has 0 aliphatic heterocycles. The van der Waals surface area contributed by atoms with E-state index in [-0.39, 0.29) is 0 Å². The zero-order valence-electron chi connectivity index (χ0n) is 4.30. The normalized spacial score (nSPS) is 13.4. The lowest BCUT2D eigenvalue weighted by Crippen LogP contribution is -2.09. The van der Waals surface area contributed by atoms with Crippen molar-refractivity contribution < 1.29 is 5.11 Å². The molecule has 0 aliphatic rings. The molecule has 0 radical (unpaired) electrons. The Labute approximate surface area is 43.6 Å². The van der Waals surface area contributed by atoms with Crippen molar-refractivity contribution in [1.82, 2.24) is 0 Å². The predicted octanol–water partition coefficient (Wildman–Crippen LogP) is -0.118. The van der Waals surface area contributed by atoms with Gasteiger partial charge < -0.3 is 10.8 Å². The Bertz CT molecular complexity index is 54.0. The number of aliphatic hydroxyl groups is 1. The van der Waals surface area contributed by atoms with Gasteiger partial charge in [-0.15, -0.1) is 6.58 Å². The van der Waals surface area contributed by atoms with Crippen LogP contribution in [0.4, 0.5) is 0 Å². The maximum atomic E-state index is 8.66. The van der Waals surface area contributed by atoms with Crippen molar-refractivity contribution in [2.24, 2.45) is 5.73 Å². The Morgan fingerprint density at radius 1 is 1.86 bits per heavy atom. The van der Waals surface area contributed by atoms with Crippen molar-refractivity contribution in [3.8, 4) is 0 Å². The Balaban J connectivity index is 2.98. The van der Waals surface area contributed by atoms with Gasteiger partial charge in [-0.2, -0.15) is 0 Å². The molecule has 0 heterocycles. The minimum Gasteiger partial charge on any atom is -0.389 e. The van der Waals surface area contributed by atoms with Gasteiger partial charge in [0.2, 0.25) is 0 Å². The van der Waals surface area contributed by atoms with Crippen LogP contribution in [0.25, 0.3) is 0 Å². The van der Waals surface area contributed by atoms with Crippen LogP contribution in [0, 0.1) is 0 Å². The maximum Gasteiger partial charge on any atom is 0.0730 e. The van der Waals surface area contributed by atoms with E-state index in [0.29, 0.717) is 13.0 Å². The minimum absolute atomic E-state index is 0.412. The van der Waals surface area contributed by atoms with Gasteiger partial charge in [-0.05, 0) is 13.0 Å². The molecule has 0 aliphatic carbocycles. The zero-order valence-corrected chi connectivity index (χ0v) is 4.30. The molecule has 2 heteroatoms. The van der Waals surface area contributed by atoms with Crippen LogP contribution in [0.3, 0.4) is 0 Å². The third-order valence-corrected chi connectivity index (χ3v) is 0.735. The van der Waals surface area contributed by atoms with Gasteiger partial charge in [-0.25, -0.2) is 0 Å². The largest absolute Gasteiger partial charge is 0.389 e. The van der Waals surface area contributed by atoms with Gasteiger partial charge in [0.15, 0.2) is 0 Å². The summed E-state index contributed by atoms with van der Waals surface area (Å²) in [5.74, 6) is 0. The molecule has 0 saturated heterocycles. The van der Waals surface area contributed by atoms with Crippen LogP contribution in [-0.2, 0) is 0 Å². The lowest BCUT2D eigenvalue weighted by atomic mass is 10.2. The Morgan fingerprint density at radius 2 is 2.43 bits per heavy atom. The molecule has 0 aromatic carbocycles. The molecule has 0 spiro atoms. The summed E-state index contributed by atoms with van der Waals surface area (Å²) in [5.41, 5.74) is 5.10. The van der Waals surface area contributed by atoms with Gasteiger partial charge in [0.1, 0.15) is 0 Å². The Kier molecular flexibility index (Phi) is 3.65. The highest BCUT2D eigenvalue weighted by Gasteiger charge is 1.91. The van der Waals surface area contributed by atoms with Crippen molar-refractivity contribution in [2.45, 2.75) is 12.5 Å². The van der Waals surface area contributed by atoms with Crippen LogP contribution in [0.2, 0.25) is 0 Å². The molecule has 7 heavy (non-hydrogen) atoms. The molecule has 0 aromatic rings. The third-order valence-electron chi connectivity index (χ3n) is 0.735. The van der Waals surface area contributed by atoms with E-state index in [0.717, 1.165) is 0 Å². The van der Waals surface area contributed by atoms with Crippen LogP contribution in [0.15, 0.2) is 12.7 Å². The first-order chi connectivity index (χ1) is 3.31. The number of hydrogen-bond acceptors (Lipinski definition) is 2. The van der Waals surface area contributed by atoms with Crippen LogP contribution in [-0.4, -0.2) is 17.8 Å². The number of hydrogen-bond donors (Lipinski definition) is 2. The summed E-state index contributed by atoms with van der Waals surface area (Å²) in [5, 5.41) is 8.66. The summed E-state index contributed by atoms with van der Waals surface area (Å²) in [7, 11) is 0. The Morgan fingerprint density at radius 3 is 2.57 bits per heavy atom. The molecule has 2 nitrogen and oxygen atoms in total. The Hall–Kier alpha value is -0.340. The lowest BCUT2D eigenvalue weighted by molar-refractivity contribution is 0.216. The first-order valence-electron chi connectivity index (χ1n) is 2.32. The van der Waals surface area contributed by atoms with Gasteiger partial charge in [-0.3, -0.25) is 0 Å². The number of rotatable bonds is 3. The first-order valence-corrected chi connectivity index (χ1v) is 2.32. The minimum atomic E-state index is -0.412. The summed E-state index contributed by atoms with van der Waals surface area (Å²) < 4.78 is 0. The fourth-order valence-electron chi connectivity index (χ4n) is 0.289. The zero-order chi connectivity index (χ0) is 5.70. The second-order valence-corrected chi connectivity index (χ2v) is 1.38. The maximum absolute atomic E-state index is 8.66. The molecule has 0 fully saturated rings. The van der Waals surface area contributed by atoms with E-state index in [2.05, 4.69) is 6.58 Å². The van der Waals surface area contributed by atoms with Crippen molar-refractivity contribution >= 4 is 0 Å². The molecular weight excluding hydrogens is 90.1 g/mol. The first kappa shape index (κ1) is 6.66. The van der Waals surface area contributed by atoms with E-state index in [1.54, 1.807) is 0 Å². The molecule has 0 saturated carbocycles. The fourth-order valence-corrected chi connectivity index (χ4v) is 0.289. The highest BCUT2D eigenvalue weighted by molar-refractivity contribution is 4.77. The van der Waals surface area contributed by atoms with Gasteiger partial charge in [-0.1, -0.05) is 6.08 Å². The lowest BCUT2D eigenvalue weighted by Gasteiger charge is -1.98. The van der Waals surface area contributed by atoms with E-state index in [1.807, 2.05) is 0 Å². The average molecular weight is 101 g/mol. The monoisotopic (exact) mass is 101 g/mol. The van der Waals surface area contributed by atoms with Crippen LogP contribution in [0.5, 0.6) is 0 Å². The van der Waals surface area contributed by atoms with E-state index >= 15 is 0 Å². The predicted molar refractivity (Wildman–Crippen MR) is 29.9 cm³/mol. The molecule has 1 atom stereocenters. The number of aliphatic hydroxyl groups excluding tert-OH is 1. The van der Waals surface area contributed by atoms with Crippen molar-refractivity contribution in [3.05, 3.63) is 12.7 Å². The molecule has 1 unspecified atom stereocenters. The van der Waals surface area contributed by atoms with Crippen molar-refractivity contribution in [3.63, 3.8) is 0 Å². The van der Waals surface area contributed by atoms with Crippen LogP contribution < -0.4 is 5.73 Å². The standard InChI is InChI=1S/C5H11NO/c1-2-5(7)3-4-6/h2,5,7H,1,3-4,6H2. The third kappa shape index (κ3) is 3.49. The SMILES string of the molecule is C=CC(O)CCN. The molecule has 0 amide bonds. The molecule has 42 valence electrons. The highest BCUT2D eigenvalue weighted by atomic mass is 16.3. The van der Waals surface area contributed by atoms with Gasteiger partial charge in [0, 0.05) is 0 Å². The summed E-state index contributed by atoms with van der Waals surface area (Å²) in [4.78, 5) is 0. The summed E-state index contributed by atoms with van der Waals surface area (Å²) >= 11 is 0. The van der Waals surface area contributed by atoms with E-state index in [9.17, 15) is 0 Å². The summed E-state index contributed by atoms with van der Waals surface area (Å²) in [6.45, 7) is 3.89. The number of nitrogens with two attached hydrogens (primary N) is 1. The quantitative estimate of drug-likeness (QED) is 0.487. The second-order valence-electron chi connectivity index (χ2n) is 1.38. The van der Waals surface area contributed by atoms with Gasteiger partial charge in [0.25, 0.3) is 0 Å². The van der Waals surface area contributed by atoms with Gasteiger partial charge in [0.05, 0.1) is 6.10 Å². The fraction of sp³-hybridized carbons (Fsp3) is 0.600. The molecule has 3 N–H and O–H groups in total. The van der Waals surface area contributed by atoms with E-state index < -0.39 is 6.10 Å². The molecular formula is C5H11NO. The smallest absolute Gasteiger partial charge is 0.0730 e. The van der Waals surface area contributed by atoms with Crippen molar-refractivity contribution in [1.29, 1.82) is 0 Å². The van der Waals surface area contributed by atoms with E-state index in [1.165, 1.54) is 6.08 Å². The molecule has 0 bridgehead atoms. The average Bonchev–Trinajstić information content (AvgIpc) is 1.68. The second kappa shape index (κ2) is 3.84. The topological polar surface area (TPSA) is 46.2 Å². The molecule has 0 rings (SSSR count). The summed E-state index contributed by atoms with van der Waals surface area (Å²) in [6, 6.07) is 0. The highest BCUT2D eigenvalue weighted by Crippen LogP contribution is 1.86. The van der Waals surface area contributed by atoms with Crippen LogP contribution >= 0.6 is 0 Å². The summed E-state index contributed by atoms with van der Waals surface area (Å²) in [6.07, 6.45) is 1.68. The molecule has 0 aromatic heterocycles. The van der Waals surface area contributed by atoms with Crippen molar-refractivity contribution in [2.75, 3.05) is 6.54 Å². The van der Waals surface area contributed by atoms with Crippen LogP contribution in [0.1, 0.15) is 6.42 Å². The van der Waals surface area contributed by atoms with Gasteiger partial charge >= 0.3 is 0 Å².